The molecule has 7 nitrogen and oxygen atoms in total. The lowest BCUT2D eigenvalue weighted by atomic mass is 9.88. The molecule has 0 aliphatic carbocycles. The van der Waals surface area contributed by atoms with E-state index in [1.54, 1.807) is 0 Å². The minimum atomic E-state index is -8.67. The average Bonchev–Trinajstić information content (AvgIpc) is 2.90. The molecule has 0 aromatic rings. The first-order chi connectivity index (χ1) is 20.0. The molecule has 1 fully saturated rings. The smallest absolute Gasteiger partial charge is 0.394 e. The molecular weight excluding hydrogens is 687 g/mol. The van der Waals surface area contributed by atoms with E-state index in [-0.39, 0.29) is 19.4 Å². The summed E-state index contributed by atoms with van der Waals surface area (Å²) >= 11 is 0. The van der Waals surface area contributed by atoms with Crippen molar-refractivity contribution in [3.8, 4) is 0 Å². The lowest BCUT2D eigenvalue weighted by Crippen LogP contribution is -2.74. The van der Waals surface area contributed by atoms with Gasteiger partial charge in [0.2, 0.25) is 0 Å². The third kappa shape index (κ3) is 7.50. The fourth-order valence-electron chi connectivity index (χ4n) is 3.56. The highest BCUT2D eigenvalue weighted by atomic mass is 19.4. The number of ether oxygens (including phenoxy) is 3. The first kappa shape index (κ1) is 41.6. The second-order valence-electron chi connectivity index (χ2n) is 9.64. The fraction of sp³-hybridized carbons (Fsp3) is 1.00. The van der Waals surface area contributed by atoms with E-state index in [9.17, 15) is 90.0 Å². The van der Waals surface area contributed by atoms with Gasteiger partial charge in [-0.25, -0.2) is 0 Å². The maximum Gasteiger partial charge on any atom is 0.460 e. The van der Waals surface area contributed by atoms with Crippen LogP contribution in [0.4, 0.5) is 74.6 Å². The molecule has 270 valence electrons. The molecular formula is C21H25F17O7. The van der Waals surface area contributed by atoms with Crippen LogP contribution >= 0.6 is 0 Å². The second kappa shape index (κ2) is 13.9. The maximum absolute atomic E-state index is 13.8. The molecule has 0 unspecified atom stereocenters. The Kier molecular flexibility index (Phi) is 12.9. The van der Waals surface area contributed by atoms with Crippen molar-refractivity contribution in [1.29, 1.82) is 0 Å². The Morgan fingerprint density at radius 2 is 0.933 bits per heavy atom. The summed E-state index contributed by atoms with van der Waals surface area (Å²) in [6.45, 7) is -2.51. The fourth-order valence-corrected chi connectivity index (χ4v) is 3.56. The van der Waals surface area contributed by atoms with E-state index in [4.69, 9.17) is 14.6 Å². The van der Waals surface area contributed by atoms with Crippen molar-refractivity contribution in [1.82, 2.24) is 0 Å². The van der Waals surface area contributed by atoms with Gasteiger partial charge in [0.15, 0.2) is 6.29 Å². The number of unbranched alkanes of at least 4 members (excludes halogenated alkanes) is 1. The van der Waals surface area contributed by atoms with Crippen molar-refractivity contribution in [2.45, 2.75) is 104 Å². The van der Waals surface area contributed by atoms with Crippen LogP contribution in [0, 0.1) is 0 Å². The zero-order valence-electron chi connectivity index (χ0n) is 22.0. The largest absolute Gasteiger partial charge is 0.460 e. The van der Waals surface area contributed by atoms with Gasteiger partial charge in [-0.2, -0.15) is 74.6 Å². The van der Waals surface area contributed by atoms with Crippen molar-refractivity contribution in [3.63, 3.8) is 0 Å². The van der Waals surface area contributed by atoms with Gasteiger partial charge in [0.25, 0.3) is 0 Å². The third-order valence-corrected chi connectivity index (χ3v) is 6.38. The van der Waals surface area contributed by atoms with Gasteiger partial charge in [-0.15, -0.1) is 0 Å². The molecule has 45 heavy (non-hydrogen) atoms. The molecule has 0 saturated carbocycles. The lowest BCUT2D eigenvalue weighted by Gasteiger charge is -2.42. The van der Waals surface area contributed by atoms with Crippen LogP contribution in [-0.2, 0) is 14.2 Å². The van der Waals surface area contributed by atoms with Gasteiger partial charge in [0.1, 0.15) is 24.4 Å². The Morgan fingerprint density at radius 1 is 0.511 bits per heavy atom. The quantitative estimate of drug-likeness (QED) is 0.131. The van der Waals surface area contributed by atoms with Crippen LogP contribution in [0.25, 0.3) is 0 Å². The standard InChI is InChI=1S/C21H25F17O7/c22-14(23,4-3-6-43-5-1-2-7-44-13-12(42)11(41)10(40)9(8-39)45-13)15(24,25)16(26,27)17(28,29)18(30,31)19(32,33)20(34,35)21(36,37)38/h9-13,39-42H,1-8H2/t9-,10+,11+,12-,13-/m1/s1. The third-order valence-electron chi connectivity index (χ3n) is 6.38. The van der Waals surface area contributed by atoms with Crippen molar-refractivity contribution < 1.29 is 109 Å². The number of aliphatic hydroxyl groups is 4. The van der Waals surface area contributed by atoms with Crippen molar-refractivity contribution in [2.24, 2.45) is 0 Å². The van der Waals surface area contributed by atoms with E-state index < -0.39 is 111 Å². The number of rotatable bonds is 17. The zero-order valence-corrected chi connectivity index (χ0v) is 22.0. The minimum Gasteiger partial charge on any atom is -0.394 e. The molecule has 1 aliphatic rings. The Hall–Kier alpha value is -1.47. The van der Waals surface area contributed by atoms with Crippen LogP contribution in [0.2, 0.25) is 0 Å². The zero-order chi connectivity index (χ0) is 35.7. The summed E-state index contributed by atoms with van der Waals surface area (Å²) in [7, 11) is 0. The monoisotopic (exact) mass is 712 g/mol. The first-order valence-corrected chi connectivity index (χ1v) is 12.2. The van der Waals surface area contributed by atoms with Crippen LogP contribution in [-0.4, -0.2) is 125 Å². The molecule has 1 heterocycles. The van der Waals surface area contributed by atoms with Gasteiger partial charge in [0.05, 0.1) is 6.61 Å². The van der Waals surface area contributed by atoms with Gasteiger partial charge < -0.3 is 34.6 Å². The van der Waals surface area contributed by atoms with Crippen LogP contribution in [0.3, 0.4) is 0 Å². The molecule has 1 saturated heterocycles. The maximum atomic E-state index is 13.8. The van der Waals surface area contributed by atoms with Crippen LogP contribution in [0.15, 0.2) is 0 Å². The molecule has 24 heteroatoms. The Bertz CT molecular complexity index is 945. The van der Waals surface area contributed by atoms with E-state index >= 15 is 0 Å². The van der Waals surface area contributed by atoms with E-state index in [1.807, 2.05) is 0 Å². The number of halogens is 17. The van der Waals surface area contributed by atoms with Crippen LogP contribution in [0.1, 0.15) is 25.7 Å². The van der Waals surface area contributed by atoms with E-state index in [1.165, 1.54) is 0 Å². The summed E-state index contributed by atoms with van der Waals surface area (Å²) in [6.07, 6.45) is -19.9. The van der Waals surface area contributed by atoms with Crippen molar-refractivity contribution >= 4 is 0 Å². The highest BCUT2D eigenvalue weighted by Crippen LogP contribution is 2.64. The molecule has 0 amide bonds. The van der Waals surface area contributed by atoms with Gasteiger partial charge in [0, 0.05) is 26.2 Å². The van der Waals surface area contributed by atoms with E-state index in [0.717, 1.165) is 0 Å². The molecule has 0 spiro atoms. The number of hydrogen-bond acceptors (Lipinski definition) is 7. The first-order valence-electron chi connectivity index (χ1n) is 12.2. The topological polar surface area (TPSA) is 109 Å². The summed E-state index contributed by atoms with van der Waals surface area (Å²) in [4.78, 5) is 0. The highest BCUT2D eigenvalue weighted by Gasteiger charge is 2.95. The summed E-state index contributed by atoms with van der Waals surface area (Å²) in [5, 5.41) is 38.1. The van der Waals surface area contributed by atoms with Gasteiger partial charge >= 0.3 is 47.6 Å². The summed E-state index contributed by atoms with van der Waals surface area (Å²) in [5.41, 5.74) is 0. The summed E-state index contributed by atoms with van der Waals surface area (Å²) in [5.74, 6) is -56.6. The predicted octanol–water partition coefficient (Wildman–Crippen LogP) is 4.39. The predicted molar refractivity (Wildman–Crippen MR) is 110 cm³/mol. The number of aliphatic hydroxyl groups excluding tert-OH is 4. The summed E-state index contributed by atoms with van der Waals surface area (Å²) < 4.78 is 240. The lowest BCUT2D eigenvalue weighted by molar-refractivity contribution is -0.461. The molecule has 0 radical (unpaired) electrons. The molecule has 0 bridgehead atoms. The van der Waals surface area contributed by atoms with Crippen molar-refractivity contribution in [3.05, 3.63) is 0 Å². The van der Waals surface area contributed by atoms with Gasteiger partial charge in [-0.3, -0.25) is 0 Å². The van der Waals surface area contributed by atoms with Crippen molar-refractivity contribution in [2.75, 3.05) is 26.4 Å². The van der Waals surface area contributed by atoms with E-state index in [2.05, 4.69) is 4.74 Å². The number of alkyl halides is 17. The molecule has 1 rings (SSSR count). The van der Waals surface area contributed by atoms with Crippen LogP contribution in [0.5, 0.6) is 0 Å². The Balaban J connectivity index is 2.73. The van der Waals surface area contributed by atoms with Crippen LogP contribution < -0.4 is 0 Å². The average molecular weight is 712 g/mol. The molecule has 0 aromatic carbocycles. The second-order valence-corrected chi connectivity index (χ2v) is 9.64. The SMILES string of the molecule is OC[C@H]1O[C@@H](OCCCCOCCCC(F)(F)C(F)(F)C(F)(F)C(F)(F)C(F)(F)C(F)(F)C(F)(F)C(F)(F)F)[C@H](O)[C@@H](O)[C@H]1O. The molecule has 0 aromatic heterocycles. The Morgan fingerprint density at radius 3 is 1.40 bits per heavy atom. The molecule has 4 N–H and O–H groups in total. The minimum absolute atomic E-state index is 0.00319. The highest BCUT2D eigenvalue weighted by molar-refractivity contribution is 5.15. The van der Waals surface area contributed by atoms with Gasteiger partial charge in [-0.05, 0) is 19.3 Å². The normalized spacial score (nSPS) is 25.1. The Labute approximate surface area is 240 Å². The molecule has 5 atom stereocenters. The van der Waals surface area contributed by atoms with E-state index in [0.29, 0.717) is 0 Å². The molecule has 1 aliphatic heterocycles. The summed E-state index contributed by atoms with van der Waals surface area (Å²) in [6, 6.07) is 0. The van der Waals surface area contributed by atoms with Gasteiger partial charge in [-0.1, -0.05) is 0 Å². The number of hydrogen-bond donors (Lipinski definition) is 4.